The number of carbonyl (C=O) groups excluding carboxylic acids is 1. The first kappa shape index (κ1) is 16.4. The minimum atomic E-state index is -0.169. The lowest BCUT2D eigenvalue weighted by Crippen LogP contribution is -2.48. The summed E-state index contributed by atoms with van der Waals surface area (Å²) in [5.74, 6) is 0.901. The Bertz CT molecular complexity index is 796. The lowest BCUT2D eigenvalue weighted by Gasteiger charge is -2.31. The number of amides is 1. The van der Waals surface area contributed by atoms with Crippen molar-refractivity contribution in [2.75, 3.05) is 18.4 Å². The van der Waals surface area contributed by atoms with E-state index in [9.17, 15) is 9.59 Å². The number of hydrogen-bond donors (Lipinski definition) is 3. The van der Waals surface area contributed by atoms with Crippen LogP contribution in [0.15, 0.2) is 35.1 Å². The van der Waals surface area contributed by atoms with Gasteiger partial charge >= 0.3 is 0 Å². The maximum Gasteiger partial charge on any atom is 0.251 e. The second-order valence-corrected chi connectivity index (χ2v) is 6.22. The number of H-pyrrole nitrogens is 1. The van der Waals surface area contributed by atoms with Gasteiger partial charge < -0.3 is 15.6 Å². The molecule has 6 nitrogen and oxygen atoms in total. The summed E-state index contributed by atoms with van der Waals surface area (Å²) in [4.78, 5) is 31.3. The topological polar surface area (TPSA) is 86.9 Å². The Morgan fingerprint density at radius 3 is 2.83 bits per heavy atom. The molecule has 1 atom stereocenters. The van der Waals surface area contributed by atoms with Gasteiger partial charge in [-0.3, -0.25) is 9.59 Å². The number of nitrogens with zero attached hydrogens (tertiary/aromatic N) is 1. The maximum absolute atomic E-state index is 12.3. The van der Waals surface area contributed by atoms with Gasteiger partial charge in [-0.1, -0.05) is 26.0 Å². The fourth-order valence-corrected chi connectivity index (χ4v) is 2.70. The lowest BCUT2D eigenvalue weighted by atomic mass is 9.88. The van der Waals surface area contributed by atoms with Gasteiger partial charge in [-0.05, 0) is 37.6 Å². The van der Waals surface area contributed by atoms with E-state index in [0.717, 1.165) is 24.3 Å². The highest BCUT2D eigenvalue weighted by Crippen LogP contribution is 2.21. The standard InChI is InChI=1S/C18H22N4O2/c1-3-14-8-16(23)22-17(20-14)12-5-4-6-15(7-12)21-18(24)11(2)13-9-19-10-13/h4-8,11,13,19H,3,9-10H2,1-2H3,(H,21,24)(H,20,22,23). The van der Waals surface area contributed by atoms with Crippen LogP contribution in [0.1, 0.15) is 19.5 Å². The van der Waals surface area contributed by atoms with E-state index in [2.05, 4.69) is 20.6 Å². The molecule has 1 aliphatic rings. The predicted octanol–water partition coefficient (Wildman–Crippen LogP) is 1.79. The van der Waals surface area contributed by atoms with Gasteiger partial charge in [-0.2, -0.15) is 0 Å². The minimum absolute atomic E-state index is 0.0161. The van der Waals surface area contributed by atoms with Crippen LogP contribution in [0.4, 0.5) is 5.69 Å². The van der Waals surface area contributed by atoms with Crippen molar-refractivity contribution in [1.82, 2.24) is 15.3 Å². The van der Waals surface area contributed by atoms with Crippen molar-refractivity contribution in [1.29, 1.82) is 0 Å². The summed E-state index contributed by atoms with van der Waals surface area (Å²) in [6.07, 6.45) is 0.695. The van der Waals surface area contributed by atoms with Gasteiger partial charge in [-0.25, -0.2) is 4.98 Å². The molecule has 2 heterocycles. The summed E-state index contributed by atoms with van der Waals surface area (Å²) in [6.45, 7) is 5.69. The number of aromatic nitrogens is 2. The van der Waals surface area contributed by atoms with E-state index < -0.39 is 0 Å². The highest BCUT2D eigenvalue weighted by molar-refractivity contribution is 5.93. The summed E-state index contributed by atoms with van der Waals surface area (Å²) in [5, 5.41) is 6.14. The Morgan fingerprint density at radius 1 is 1.38 bits per heavy atom. The van der Waals surface area contributed by atoms with Gasteiger partial charge in [-0.15, -0.1) is 0 Å². The first-order chi connectivity index (χ1) is 11.6. The highest BCUT2D eigenvalue weighted by Gasteiger charge is 2.28. The zero-order valence-electron chi connectivity index (χ0n) is 13.9. The summed E-state index contributed by atoms with van der Waals surface area (Å²) in [7, 11) is 0. The third-order valence-corrected chi connectivity index (χ3v) is 4.49. The fourth-order valence-electron chi connectivity index (χ4n) is 2.70. The Kier molecular flexibility index (Phi) is 4.76. The number of benzene rings is 1. The number of hydrogen-bond acceptors (Lipinski definition) is 4. The van der Waals surface area contributed by atoms with Gasteiger partial charge in [0, 0.05) is 28.9 Å². The molecule has 1 aromatic heterocycles. The Morgan fingerprint density at radius 2 is 2.17 bits per heavy atom. The molecule has 3 rings (SSSR count). The SMILES string of the molecule is CCc1cc(=O)[nH]c(-c2cccc(NC(=O)C(C)C3CNC3)c2)n1. The molecule has 0 aliphatic carbocycles. The highest BCUT2D eigenvalue weighted by atomic mass is 16.2. The number of aryl methyl sites for hydroxylation is 1. The van der Waals surface area contributed by atoms with Crippen LogP contribution in [0.3, 0.4) is 0 Å². The first-order valence-corrected chi connectivity index (χ1v) is 8.29. The summed E-state index contributed by atoms with van der Waals surface area (Å²) in [5.41, 5.74) is 2.06. The molecular formula is C18H22N4O2. The smallest absolute Gasteiger partial charge is 0.251 e. The van der Waals surface area contributed by atoms with Crippen LogP contribution < -0.4 is 16.2 Å². The molecule has 6 heteroatoms. The van der Waals surface area contributed by atoms with Gasteiger partial charge in [0.15, 0.2) is 0 Å². The number of rotatable bonds is 5. The maximum atomic E-state index is 12.3. The lowest BCUT2D eigenvalue weighted by molar-refractivity contribution is -0.121. The van der Waals surface area contributed by atoms with Crippen molar-refractivity contribution >= 4 is 11.6 Å². The van der Waals surface area contributed by atoms with Crippen LogP contribution in [0.5, 0.6) is 0 Å². The Labute approximate surface area is 140 Å². The van der Waals surface area contributed by atoms with Crippen molar-refractivity contribution in [3.63, 3.8) is 0 Å². The molecule has 126 valence electrons. The zero-order valence-corrected chi connectivity index (χ0v) is 13.9. The number of nitrogens with one attached hydrogen (secondary N) is 3. The average Bonchev–Trinajstić information content (AvgIpc) is 2.52. The van der Waals surface area contributed by atoms with Gasteiger partial charge in [0.1, 0.15) is 5.82 Å². The first-order valence-electron chi connectivity index (χ1n) is 8.29. The van der Waals surface area contributed by atoms with Crippen LogP contribution in [0.25, 0.3) is 11.4 Å². The normalized spacial score (nSPS) is 15.6. The summed E-state index contributed by atoms with van der Waals surface area (Å²) < 4.78 is 0. The summed E-state index contributed by atoms with van der Waals surface area (Å²) >= 11 is 0. The summed E-state index contributed by atoms with van der Waals surface area (Å²) in [6, 6.07) is 8.89. The predicted molar refractivity (Wildman–Crippen MR) is 93.8 cm³/mol. The van der Waals surface area contributed by atoms with Crippen LogP contribution in [0.2, 0.25) is 0 Å². The molecule has 24 heavy (non-hydrogen) atoms. The molecular weight excluding hydrogens is 304 g/mol. The van der Waals surface area contributed by atoms with Gasteiger partial charge in [0.2, 0.25) is 5.91 Å². The van der Waals surface area contributed by atoms with E-state index in [1.807, 2.05) is 38.1 Å². The van der Waals surface area contributed by atoms with Crippen molar-refractivity contribution < 1.29 is 4.79 Å². The molecule has 2 aromatic rings. The van der Waals surface area contributed by atoms with E-state index in [1.165, 1.54) is 6.07 Å². The van der Waals surface area contributed by atoms with Gasteiger partial charge in [0.25, 0.3) is 5.56 Å². The fraction of sp³-hybridized carbons (Fsp3) is 0.389. The molecule has 1 unspecified atom stereocenters. The largest absolute Gasteiger partial charge is 0.326 e. The monoisotopic (exact) mass is 326 g/mol. The molecule has 1 fully saturated rings. The number of anilines is 1. The molecule has 1 aromatic carbocycles. The van der Waals surface area contributed by atoms with Crippen LogP contribution in [0, 0.1) is 11.8 Å². The second-order valence-electron chi connectivity index (χ2n) is 6.22. The molecule has 0 spiro atoms. The van der Waals surface area contributed by atoms with Crippen LogP contribution in [-0.4, -0.2) is 29.0 Å². The van der Waals surface area contributed by atoms with Crippen LogP contribution in [-0.2, 0) is 11.2 Å². The molecule has 0 saturated carbocycles. The third-order valence-electron chi connectivity index (χ3n) is 4.49. The molecule has 1 aliphatic heterocycles. The van der Waals surface area contributed by atoms with E-state index in [-0.39, 0.29) is 17.4 Å². The van der Waals surface area contributed by atoms with E-state index in [4.69, 9.17) is 0 Å². The molecule has 1 amide bonds. The van der Waals surface area contributed by atoms with E-state index in [0.29, 0.717) is 23.9 Å². The van der Waals surface area contributed by atoms with Crippen molar-refractivity contribution in [3.8, 4) is 11.4 Å². The number of carbonyl (C=O) groups is 1. The molecule has 0 bridgehead atoms. The second kappa shape index (κ2) is 6.97. The Balaban J connectivity index is 1.80. The zero-order chi connectivity index (χ0) is 17.1. The quantitative estimate of drug-likeness (QED) is 0.782. The molecule has 3 N–H and O–H groups in total. The van der Waals surface area contributed by atoms with E-state index in [1.54, 1.807) is 0 Å². The van der Waals surface area contributed by atoms with Crippen LogP contribution >= 0.6 is 0 Å². The molecule has 0 radical (unpaired) electrons. The van der Waals surface area contributed by atoms with Crippen molar-refractivity contribution in [3.05, 3.63) is 46.4 Å². The third kappa shape index (κ3) is 3.54. The minimum Gasteiger partial charge on any atom is -0.326 e. The van der Waals surface area contributed by atoms with Crippen molar-refractivity contribution in [2.45, 2.75) is 20.3 Å². The van der Waals surface area contributed by atoms with Gasteiger partial charge in [0.05, 0.1) is 0 Å². The molecule has 1 saturated heterocycles. The number of aromatic amines is 1. The Hall–Kier alpha value is -2.47. The average molecular weight is 326 g/mol. The van der Waals surface area contributed by atoms with Crippen molar-refractivity contribution in [2.24, 2.45) is 11.8 Å². The van der Waals surface area contributed by atoms with E-state index >= 15 is 0 Å².